The summed E-state index contributed by atoms with van der Waals surface area (Å²) in [6, 6.07) is 11.6. The van der Waals surface area contributed by atoms with Crippen LogP contribution in [-0.2, 0) is 10.2 Å². The Balaban J connectivity index is 1.47. The van der Waals surface area contributed by atoms with Crippen molar-refractivity contribution >= 4 is 5.78 Å². The largest absolute Gasteiger partial charge is 0.328 e. The van der Waals surface area contributed by atoms with Gasteiger partial charge in [-0.3, -0.25) is 4.79 Å². The third-order valence-electron chi connectivity index (χ3n) is 9.68. The van der Waals surface area contributed by atoms with Crippen LogP contribution >= 0.6 is 0 Å². The van der Waals surface area contributed by atoms with Crippen LogP contribution in [0.3, 0.4) is 0 Å². The highest BCUT2D eigenvalue weighted by Gasteiger charge is 2.66. The molecule has 0 amide bonds. The Morgan fingerprint density at radius 2 is 1.72 bits per heavy atom. The van der Waals surface area contributed by atoms with E-state index in [4.69, 9.17) is 5.73 Å². The number of ketones is 1. The number of Topliss-reactive ketones (excluding diaryl/α,β-unsaturated/α-hetero) is 1. The quantitative estimate of drug-likeness (QED) is 0.664. The van der Waals surface area contributed by atoms with Gasteiger partial charge in [0, 0.05) is 17.9 Å². The van der Waals surface area contributed by atoms with Gasteiger partial charge in [-0.05, 0) is 98.4 Å². The second-order valence-electron chi connectivity index (χ2n) is 11.9. The SMILES string of the molecule is CC(C)C12CC3CC(C(=O)CC4CCC(N)CC4)(CC(c4ccccc4)(C3)C1)C2. The molecule has 4 bridgehead atoms. The Morgan fingerprint density at radius 1 is 1.00 bits per heavy atom. The monoisotopic (exact) mass is 393 g/mol. The van der Waals surface area contributed by atoms with Gasteiger partial charge >= 0.3 is 0 Å². The molecular weight excluding hydrogens is 354 g/mol. The number of carbonyl (C=O) groups is 1. The van der Waals surface area contributed by atoms with Gasteiger partial charge in [0.15, 0.2) is 0 Å². The van der Waals surface area contributed by atoms with Crippen molar-refractivity contribution in [2.45, 2.75) is 95.9 Å². The van der Waals surface area contributed by atoms with Crippen molar-refractivity contribution in [3.8, 4) is 0 Å². The molecule has 5 aliphatic carbocycles. The van der Waals surface area contributed by atoms with E-state index in [9.17, 15) is 4.79 Å². The van der Waals surface area contributed by atoms with Crippen LogP contribution in [0.4, 0.5) is 0 Å². The highest BCUT2D eigenvalue weighted by molar-refractivity contribution is 5.86. The topological polar surface area (TPSA) is 43.1 Å². The molecule has 29 heavy (non-hydrogen) atoms. The van der Waals surface area contributed by atoms with Gasteiger partial charge in [0.05, 0.1) is 0 Å². The summed E-state index contributed by atoms with van der Waals surface area (Å²) in [5.41, 5.74) is 8.17. The Morgan fingerprint density at radius 3 is 2.41 bits per heavy atom. The van der Waals surface area contributed by atoms with Crippen molar-refractivity contribution in [3.05, 3.63) is 35.9 Å². The van der Waals surface area contributed by atoms with Gasteiger partial charge in [-0.1, -0.05) is 44.2 Å². The maximum Gasteiger partial charge on any atom is 0.139 e. The van der Waals surface area contributed by atoms with Crippen LogP contribution in [0.15, 0.2) is 30.3 Å². The van der Waals surface area contributed by atoms with Crippen LogP contribution in [0.25, 0.3) is 0 Å². The van der Waals surface area contributed by atoms with Crippen LogP contribution in [0, 0.1) is 28.6 Å². The lowest BCUT2D eigenvalue weighted by atomic mass is 9.36. The van der Waals surface area contributed by atoms with Gasteiger partial charge < -0.3 is 5.73 Å². The van der Waals surface area contributed by atoms with Gasteiger partial charge in [0.1, 0.15) is 5.78 Å². The fourth-order valence-electron chi connectivity index (χ4n) is 8.45. The summed E-state index contributed by atoms with van der Waals surface area (Å²) in [6.45, 7) is 4.85. The molecule has 4 unspecified atom stereocenters. The molecule has 2 heteroatoms. The first-order valence-corrected chi connectivity index (χ1v) is 12.2. The lowest BCUT2D eigenvalue weighted by Crippen LogP contribution is -2.62. The molecule has 5 fully saturated rings. The van der Waals surface area contributed by atoms with E-state index in [1.807, 2.05) is 0 Å². The first-order valence-electron chi connectivity index (χ1n) is 12.2. The minimum Gasteiger partial charge on any atom is -0.328 e. The minimum atomic E-state index is -0.0565. The standard InChI is InChI=1S/C27H39NO/c1-19(2)25-13-21-14-26(16-25,22-6-4-3-5-7-22)18-27(15-21,17-25)24(29)12-20-8-10-23(28)11-9-20/h3-7,19-21,23H,8-18,28H2,1-2H3. The molecule has 2 nitrogen and oxygen atoms in total. The summed E-state index contributed by atoms with van der Waals surface area (Å²) in [5, 5.41) is 0. The first kappa shape index (κ1) is 19.8. The van der Waals surface area contributed by atoms with Gasteiger partial charge in [-0.25, -0.2) is 0 Å². The highest BCUT2D eigenvalue weighted by Crippen LogP contribution is 2.72. The molecule has 5 aliphatic rings. The Hall–Kier alpha value is -1.15. The average molecular weight is 394 g/mol. The van der Waals surface area contributed by atoms with Gasteiger partial charge in [0.25, 0.3) is 0 Å². The van der Waals surface area contributed by atoms with E-state index >= 15 is 0 Å². The van der Waals surface area contributed by atoms with E-state index in [1.165, 1.54) is 31.2 Å². The van der Waals surface area contributed by atoms with E-state index in [1.54, 1.807) is 0 Å². The molecule has 1 aromatic rings. The van der Waals surface area contributed by atoms with Gasteiger partial charge in [-0.15, -0.1) is 0 Å². The summed E-state index contributed by atoms with van der Waals surface area (Å²) in [5.74, 6) is 2.59. The zero-order valence-corrected chi connectivity index (χ0v) is 18.5. The normalized spacial score (nSPS) is 43.7. The van der Waals surface area contributed by atoms with Crippen molar-refractivity contribution in [1.29, 1.82) is 0 Å². The molecule has 5 saturated carbocycles. The van der Waals surface area contributed by atoms with Gasteiger partial charge in [-0.2, -0.15) is 0 Å². The fourth-order valence-corrected chi connectivity index (χ4v) is 8.45. The zero-order chi connectivity index (χ0) is 20.3. The van der Waals surface area contributed by atoms with E-state index in [0.29, 0.717) is 29.1 Å². The minimum absolute atomic E-state index is 0.0565. The van der Waals surface area contributed by atoms with Crippen LogP contribution in [0.1, 0.15) is 90.0 Å². The van der Waals surface area contributed by atoms with Crippen molar-refractivity contribution in [1.82, 2.24) is 0 Å². The smallest absolute Gasteiger partial charge is 0.139 e. The third-order valence-corrected chi connectivity index (χ3v) is 9.68. The number of nitrogens with two attached hydrogens (primary N) is 1. The molecule has 1 aromatic carbocycles. The number of hydrogen-bond donors (Lipinski definition) is 1. The predicted octanol–water partition coefficient (Wildman–Crippen LogP) is 6.03. The highest BCUT2D eigenvalue weighted by atomic mass is 16.1. The molecule has 4 atom stereocenters. The summed E-state index contributed by atoms with van der Waals surface area (Å²) >= 11 is 0. The number of hydrogen-bond acceptors (Lipinski definition) is 2. The van der Waals surface area contributed by atoms with E-state index in [2.05, 4.69) is 44.2 Å². The van der Waals surface area contributed by atoms with Crippen molar-refractivity contribution in [3.63, 3.8) is 0 Å². The number of rotatable bonds is 5. The van der Waals surface area contributed by atoms with Crippen LogP contribution in [0.2, 0.25) is 0 Å². The second kappa shape index (κ2) is 6.94. The Kier molecular flexibility index (Phi) is 4.74. The molecule has 0 saturated heterocycles. The molecule has 0 aromatic heterocycles. The number of benzene rings is 1. The average Bonchev–Trinajstić information content (AvgIpc) is 2.69. The summed E-state index contributed by atoms with van der Waals surface area (Å²) in [4.78, 5) is 14.0. The van der Waals surface area contributed by atoms with E-state index < -0.39 is 0 Å². The summed E-state index contributed by atoms with van der Waals surface area (Å²) in [6.07, 6.45) is 12.7. The first-order chi connectivity index (χ1) is 13.8. The molecule has 0 radical (unpaired) electrons. The van der Waals surface area contributed by atoms with Crippen LogP contribution < -0.4 is 5.73 Å². The van der Waals surface area contributed by atoms with Crippen LogP contribution in [-0.4, -0.2) is 11.8 Å². The summed E-state index contributed by atoms with van der Waals surface area (Å²) in [7, 11) is 0. The fraction of sp³-hybridized carbons (Fsp3) is 0.741. The molecule has 2 N–H and O–H groups in total. The molecule has 158 valence electrons. The van der Waals surface area contributed by atoms with Crippen LogP contribution in [0.5, 0.6) is 0 Å². The van der Waals surface area contributed by atoms with Crippen molar-refractivity contribution in [2.24, 2.45) is 34.3 Å². The molecular formula is C27H39NO. The third kappa shape index (κ3) is 3.21. The number of carbonyl (C=O) groups excluding carboxylic acids is 1. The molecule has 0 spiro atoms. The molecule has 6 rings (SSSR count). The predicted molar refractivity (Wildman–Crippen MR) is 119 cm³/mol. The van der Waals surface area contributed by atoms with Gasteiger partial charge in [0.2, 0.25) is 0 Å². The maximum atomic E-state index is 14.0. The molecule has 0 heterocycles. The summed E-state index contributed by atoms with van der Waals surface area (Å²) < 4.78 is 0. The van der Waals surface area contributed by atoms with Crippen molar-refractivity contribution in [2.75, 3.05) is 0 Å². The van der Waals surface area contributed by atoms with E-state index in [0.717, 1.165) is 50.9 Å². The van der Waals surface area contributed by atoms with E-state index in [-0.39, 0.29) is 10.8 Å². The van der Waals surface area contributed by atoms with Crippen molar-refractivity contribution < 1.29 is 4.79 Å². The Labute approximate surface area is 177 Å². The lowest BCUT2D eigenvalue weighted by Gasteiger charge is -2.68. The molecule has 0 aliphatic heterocycles. The Bertz CT molecular complexity index is 764. The maximum absolute atomic E-state index is 14.0. The zero-order valence-electron chi connectivity index (χ0n) is 18.5. The lowest BCUT2D eigenvalue weighted by molar-refractivity contribution is -0.169. The second-order valence-corrected chi connectivity index (χ2v) is 11.9.